The zero-order chi connectivity index (χ0) is 13.1. The maximum absolute atomic E-state index is 6.06. The van der Waals surface area contributed by atoms with Crippen molar-refractivity contribution in [1.29, 1.82) is 0 Å². The lowest BCUT2D eigenvalue weighted by Crippen LogP contribution is -2.43. The molecule has 3 atom stereocenters. The molecule has 1 saturated heterocycles. The minimum atomic E-state index is 0. The highest BCUT2D eigenvalue weighted by Gasteiger charge is 2.26. The summed E-state index contributed by atoms with van der Waals surface area (Å²) in [5.41, 5.74) is 7.45. The van der Waals surface area contributed by atoms with Crippen molar-refractivity contribution < 1.29 is 0 Å². The van der Waals surface area contributed by atoms with Crippen LogP contribution in [0.4, 0.5) is 0 Å². The van der Waals surface area contributed by atoms with Gasteiger partial charge >= 0.3 is 0 Å². The van der Waals surface area contributed by atoms with Crippen LogP contribution in [0.5, 0.6) is 0 Å². The second-order valence-corrected chi connectivity index (χ2v) is 6.40. The van der Waals surface area contributed by atoms with Crippen molar-refractivity contribution in [3.05, 3.63) is 34.3 Å². The summed E-state index contributed by atoms with van der Waals surface area (Å²) in [6.07, 6.45) is 2.55. The Morgan fingerprint density at radius 2 is 1.89 bits per heavy atom. The van der Waals surface area contributed by atoms with Crippen molar-refractivity contribution in [2.45, 2.75) is 38.8 Å². The van der Waals surface area contributed by atoms with Crippen LogP contribution in [0.2, 0.25) is 0 Å². The van der Waals surface area contributed by atoms with E-state index < -0.39 is 0 Å². The molecule has 2 nitrogen and oxygen atoms in total. The van der Waals surface area contributed by atoms with Crippen LogP contribution in [-0.4, -0.2) is 24.0 Å². The maximum Gasteiger partial charge on any atom is 0.0320 e. The molecule has 19 heavy (non-hydrogen) atoms. The minimum absolute atomic E-state index is 0. The zero-order valence-electron chi connectivity index (χ0n) is 11.7. The summed E-state index contributed by atoms with van der Waals surface area (Å²) in [6, 6.07) is 9.47. The number of benzene rings is 1. The van der Waals surface area contributed by atoms with Crippen LogP contribution in [-0.2, 0) is 0 Å². The lowest BCUT2D eigenvalue weighted by atomic mass is 9.90. The topological polar surface area (TPSA) is 29.3 Å². The maximum atomic E-state index is 6.06. The van der Waals surface area contributed by atoms with Gasteiger partial charge in [0.15, 0.2) is 0 Å². The highest BCUT2D eigenvalue weighted by molar-refractivity contribution is 9.10. The van der Waals surface area contributed by atoms with E-state index in [1.807, 2.05) is 0 Å². The fourth-order valence-corrected chi connectivity index (χ4v) is 3.04. The van der Waals surface area contributed by atoms with Gasteiger partial charge in [-0.2, -0.15) is 0 Å². The predicted octanol–water partition coefficient (Wildman–Crippen LogP) is 3.99. The van der Waals surface area contributed by atoms with Gasteiger partial charge in [-0.15, -0.1) is 12.4 Å². The number of rotatable bonds is 3. The van der Waals surface area contributed by atoms with E-state index in [0.717, 1.165) is 11.0 Å². The van der Waals surface area contributed by atoms with Crippen LogP contribution in [0.15, 0.2) is 28.7 Å². The molecule has 1 aliphatic heterocycles. The van der Waals surface area contributed by atoms with E-state index in [1.165, 1.54) is 24.9 Å². The second-order valence-electron chi connectivity index (χ2n) is 5.48. The number of nitrogens with zero attached hydrogens (tertiary/aromatic N) is 1. The first-order chi connectivity index (χ1) is 8.58. The highest BCUT2D eigenvalue weighted by atomic mass is 79.9. The SMILES string of the molecule is CC(N)C1CCCN(C(C)c2ccc(Br)cc2)C1.Cl. The van der Waals surface area contributed by atoms with Crippen molar-refractivity contribution in [2.24, 2.45) is 11.7 Å². The van der Waals surface area contributed by atoms with Crippen LogP contribution in [0.1, 0.15) is 38.3 Å². The van der Waals surface area contributed by atoms with E-state index >= 15 is 0 Å². The smallest absolute Gasteiger partial charge is 0.0320 e. The van der Waals surface area contributed by atoms with E-state index in [-0.39, 0.29) is 12.4 Å². The fourth-order valence-electron chi connectivity index (χ4n) is 2.77. The van der Waals surface area contributed by atoms with Crippen LogP contribution < -0.4 is 5.73 Å². The second kappa shape index (κ2) is 7.63. The Morgan fingerprint density at radius 1 is 1.26 bits per heavy atom. The normalized spacial score (nSPS) is 23.5. The highest BCUT2D eigenvalue weighted by Crippen LogP contribution is 2.28. The quantitative estimate of drug-likeness (QED) is 0.895. The van der Waals surface area contributed by atoms with Gasteiger partial charge in [0.2, 0.25) is 0 Å². The molecular formula is C15H24BrClN2. The molecule has 0 bridgehead atoms. The molecule has 1 aliphatic rings. The Balaban J connectivity index is 0.00000180. The summed E-state index contributed by atoms with van der Waals surface area (Å²) < 4.78 is 1.14. The summed E-state index contributed by atoms with van der Waals surface area (Å²) in [5, 5.41) is 0. The molecule has 0 amide bonds. The number of piperidine rings is 1. The molecule has 1 heterocycles. The summed E-state index contributed by atoms with van der Waals surface area (Å²) in [6.45, 7) is 6.76. The number of halogens is 2. The Morgan fingerprint density at radius 3 is 2.47 bits per heavy atom. The monoisotopic (exact) mass is 346 g/mol. The van der Waals surface area contributed by atoms with Gasteiger partial charge in [0.25, 0.3) is 0 Å². The van der Waals surface area contributed by atoms with Crippen molar-refractivity contribution in [3.63, 3.8) is 0 Å². The first-order valence-corrected chi connectivity index (χ1v) is 7.62. The molecule has 1 aromatic carbocycles. The number of likely N-dealkylation sites (tertiary alicyclic amines) is 1. The first kappa shape index (κ1) is 17.0. The van der Waals surface area contributed by atoms with E-state index in [1.54, 1.807) is 0 Å². The molecule has 3 unspecified atom stereocenters. The third-order valence-electron chi connectivity index (χ3n) is 4.13. The largest absolute Gasteiger partial charge is 0.328 e. The minimum Gasteiger partial charge on any atom is -0.328 e. The van der Waals surface area contributed by atoms with E-state index in [9.17, 15) is 0 Å². The summed E-state index contributed by atoms with van der Waals surface area (Å²) in [4.78, 5) is 2.57. The molecule has 0 saturated carbocycles. The van der Waals surface area contributed by atoms with Gasteiger partial charge in [-0.25, -0.2) is 0 Å². The summed E-state index contributed by atoms with van der Waals surface area (Å²) in [7, 11) is 0. The summed E-state index contributed by atoms with van der Waals surface area (Å²) >= 11 is 3.49. The first-order valence-electron chi connectivity index (χ1n) is 6.83. The summed E-state index contributed by atoms with van der Waals surface area (Å²) in [5.74, 6) is 0.650. The zero-order valence-corrected chi connectivity index (χ0v) is 14.1. The van der Waals surface area contributed by atoms with E-state index in [4.69, 9.17) is 5.73 Å². The number of hydrogen-bond donors (Lipinski definition) is 1. The number of hydrogen-bond acceptors (Lipinski definition) is 2. The molecule has 1 fully saturated rings. The standard InChI is InChI=1S/C15H23BrN2.ClH/c1-11(17)14-4-3-9-18(10-14)12(2)13-5-7-15(16)8-6-13;/h5-8,11-12,14H,3-4,9-10,17H2,1-2H3;1H. The number of nitrogens with two attached hydrogens (primary N) is 1. The molecule has 108 valence electrons. The lowest BCUT2D eigenvalue weighted by molar-refractivity contribution is 0.121. The molecule has 4 heteroatoms. The van der Waals surface area contributed by atoms with Crippen LogP contribution in [0, 0.1) is 5.92 Å². The molecule has 0 aliphatic carbocycles. The van der Waals surface area contributed by atoms with Gasteiger partial charge in [0, 0.05) is 23.1 Å². The lowest BCUT2D eigenvalue weighted by Gasteiger charge is -2.38. The van der Waals surface area contributed by atoms with Crippen LogP contribution in [0.3, 0.4) is 0 Å². The third-order valence-corrected chi connectivity index (χ3v) is 4.66. The van der Waals surface area contributed by atoms with Gasteiger partial charge in [-0.05, 0) is 56.8 Å². The van der Waals surface area contributed by atoms with Gasteiger partial charge < -0.3 is 5.73 Å². The molecule has 1 aromatic rings. The molecular weight excluding hydrogens is 324 g/mol. The Kier molecular flexibility index (Phi) is 6.81. The van der Waals surface area contributed by atoms with E-state index in [0.29, 0.717) is 18.0 Å². The van der Waals surface area contributed by atoms with Crippen LogP contribution in [0.25, 0.3) is 0 Å². The van der Waals surface area contributed by atoms with Crippen molar-refractivity contribution in [2.75, 3.05) is 13.1 Å². The van der Waals surface area contributed by atoms with Gasteiger partial charge in [-0.1, -0.05) is 28.1 Å². The van der Waals surface area contributed by atoms with E-state index in [2.05, 4.69) is 58.9 Å². The molecule has 0 radical (unpaired) electrons. The molecule has 0 aromatic heterocycles. The predicted molar refractivity (Wildman–Crippen MR) is 87.8 cm³/mol. The van der Waals surface area contributed by atoms with Gasteiger partial charge in [-0.3, -0.25) is 4.90 Å². The van der Waals surface area contributed by atoms with Gasteiger partial charge in [0.05, 0.1) is 0 Å². The Labute approximate surface area is 131 Å². The Bertz CT molecular complexity index is 380. The van der Waals surface area contributed by atoms with Crippen molar-refractivity contribution in [1.82, 2.24) is 4.90 Å². The molecule has 2 rings (SSSR count). The average molecular weight is 348 g/mol. The van der Waals surface area contributed by atoms with Crippen LogP contribution >= 0.6 is 28.3 Å². The molecule has 2 N–H and O–H groups in total. The molecule has 0 spiro atoms. The Hall–Kier alpha value is -0.0900. The van der Waals surface area contributed by atoms with Crippen molar-refractivity contribution >= 4 is 28.3 Å². The fraction of sp³-hybridized carbons (Fsp3) is 0.600. The van der Waals surface area contributed by atoms with Gasteiger partial charge in [0.1, 0.15) is 0 Å². The average Bonchev–Trinajstić information content (AvgIpc) is 2.39. The van der Waals surface area contributed by atoms with Crippen molar-refractivity contribution in [3.8, 4) is 0 Å². The third kappa shape index (κ3) is 4.45.